The predicted molar refractivity (Wildman–Crippen MR) is 156 cm³/mol. The molecule has 2 aliphatic carbocycles. The van der Waals surface area contributed by atoms with Gasteiger partial charge in [0.15, 0.2) is 0 Å². The van der Waals surface area contributed by atoms with Gasteiger partial charge in [-0.05, 0) is 80.6 Å². The van der Waals surface area contributed by atoms with Crippen LogP contribution in [0, 0.1) is 5.92 Å². The van der Waals surface area contributed by atoms with E-state index in [2.05, 4.69) is 47.6 Å². The molecule has 200 valence electrons. The maximum Gasteiger partial charge on any atom is 0.140 e. The number of hydrogen-bond acceptors (Lipinski definition) is 5. The summed E-state index contributed by atoms with van der Waals surface area (Å²) in [6.07, 6.45) is 12.2. The second-order valence-electron chi connectivity index (χ2n) is 11.2. The third kappa shape index (κ3) is 5.11. The number of nitrogens with zero attached hydrogens (tertiary/aromatic N) is 3. The van der Waals surface area contributed by atoms with Crippen molar-refractivity contribution in [2.24, 2.45) is 5.92 Å². The lowest BCUT2D eigenvalue weighted by Gasteiger charge is -2.36. The average Bonchev–Trinajstić information content (AvgIpc) is 3.56. The molecule has 5 nitrogen and oxygen atoms in total. The largest absolute Gasteiger partial charge is 0.325 e. The zero-order valence-corrected chi connectivity index (χ0v) is 24.0. The summed E-state index contributed by atoms with van der Waals surface area (Å²) in [5.74, 6) is 2.70. The van der Waals surface area contributed by atoms with Crippen molar-refractivity contribution in [2.75, 3.05) is 24.5 Å². The molecule has 1 saturated carbocycles. The molecule has 2 N–H and O–H groups in total. The first-order valence-electron chi connectivity index (χ1n) is 13.3. The molecule has 36 heavy (non-hydrogen) atoms. The fourth-order valence-corrected chi connectivity index (χ4v) is 7.34. The van der Waals surface area contributed by atoms with Gasteiger partial charge < -0.3 is 15.5 Å². The Hall–Kier alpha value is -1.11. The second kappa shape index (κ2) is 12.2. The van der Waals surface area contributed by atoms with E-state index >= 15 is 0 Å². The monoisotopic (exact) mass is 553 g/mol. The number of rotatable bonds is 5. The van der Waals surface area contributed by atoms with Gasteiger partial charge in [0.25, 0.3) is 0 Å². The Kier molecular flexibility index (Phi) is 9.95. The highest BCUT2D eigenvalue weighted by Gasteiger charge is 2.47. The molecular weight excluding hydrogens is 513 g/mol. The van der Waals surface area contributed by atoms with E-state index in [0.717, 1.165) is 38.5 Å². The Labute approximate surface area is 235 Å². The van der Waals surface area contributed by atoms with Gasteiger partial charge in [-0.2, -0.15) is 0 Å². The number of benzene rings is 1. The highest BCUT2D eigenvalue weighted by molar-refractivity contribution is 5.86. The van der Waals surface area contributed by atoms with Crippen LogP contribution in [0.4, 0.5) is 11.5 Å². The number of halogens is 3. The average molecular weight is 555 g/mol. The topological polar surface area (TPSA) is 53.1 Å². The number of aryl methyl sites for hydroxylation is 1. The number of fused-ring (bicyclic) bond motifs is 3. The molecule has 6 rings (SSSR count). The lowest BCUT2D eigenvalue weighted by atomic mass is 9.73. The van der Waals surface area contributed by atoms with Crippen LogP contribution < -0.4 is 15.5 Å². The minimum absolute atomic E-state index is 0. The molecule has 0 unspecified atom stereocenters. The van der Waals surface area contributed by atoms with E-state index in [1.165, 1.54) is 73.3 Å². The van der Waals surface area contributed by atoms with Crippen molar-refractivity contribution in [3.05, 3.63) is 46.9 Å². The Morgan fingerprint density at radius 2 is 1.81 bits per heavy atom. The maximum absolute atomic E-state index is 5.02. The first kappa shape index (κ1) is 29.4. The Balaban J connectivity index is 0.00000120. The van der Waals surface area contributed by atoms with E-state index < -0.39 is 0 Å². The fraction of sp³-hybridized carbons (Fsp3) is 0.643. The van der Waals surface area contributed by atoms with Crippen molar-refractivity contribution >= 4 is 48.7 Å². The minimum Gasteiger partial charge on any atom is -0.325 e. The van der Waals surface area contributed by atoms with Crippen LogP contribution in [0.15, 0.2) is 24.5 Å². The number of hydrogen-bond donors (Lipinski definition) is 2. The summed E-state index contributed by atoms with van der Waals surface area (Å²) in [6.45, 7) is 8.68. The fourth-order valence-electron chi connectivity index (χ4n) is 7.34. The molecule has 1 saturated heterocycles. The van der Waals surface area contributed by atoms with Gasteiger partial charge in [0, 0.05) is 41.5 Å². The summed E-state index contributed by atoms with van der Waals surface area (Å²) in [7, 11) is 0. The van der Waals surface area contributed by atoms with Gasteiger partial charge in [0.2, 0.25) is 0 Å². The standard InChI is InChI=1S/C28H39N5.3ClH/c1-19(2)30-16-21-8-5-9-24-26(21)28(12-14-29-15-13-28)17-33(24)27-25-22(20-6-3-4-7-20)10-11-23(25)31-18-32-27;;;/h5,8-9,18-20,22,29-30H,3-4,6-7,10-17H2,1-2H3;3*1H/t22-;;;/m0.../s1. The molecule has 1 spiro atoms. The van der Waals surface area contributed by atoms with E-state index in [0.29, 0.717) is 12.0 Å². The maximum atomic E-state index is 5.02. The molecule has 0 radical (unpaired) electrons. The van der Waals surface area contributed by atoms with Crippen LogP contribution in [-0.2, 0) is 18.4 Å². The van der Waals surface area contributed by atoms with Crippen LogP contribution in [0.1, 0.15) is 87.1 Å². The van der Waals surface area contributed by atoms with E-state index in [-0.39, 0.29) is 42.6 Å². The van der Waals surface area contributed by atoms with Crippen LogP contribution in [0.5, 0.6) is 0 Å². The zero-order chi connectivity index (χ0) is 22.4. The molecule has 1 atom stereocenters. The summed E-state index contributed by atoms with van der Waals surface area (Å²) in [6, 6.07) is 7.46. The van der Waals surface area contributed by atoms with E-state index in [4.69, 9.17) is 9.97 Å². The summed E-state index contributed by atoms with van der Waals surface area (Å²) in [5.41, 5.74) is 7.49. The highest BCUT2D eigenvalue weighted by Crippen LogP contribution is 2.53. The third-order valence-electron chi connectivity index (χ3n) is 8.90. The van der Waals surface area contributed by atoms with E-state index in [1.54, 1.807) is 5.56 Å². The van der Waals surface area contributed by atoms with Gasteiger partial charge >= 0.3 is 0 Å². The van der Waals surface area contributed by atoms with Crippen LogP contribution in [0.25, 0.3) is 0 Å². The molecule has 2 fully saturated rings. The van der Waals surface area contributed by atoms with Crippen molar-refractivity contribution in [1.82, 2.24) is 20.6 Å². The summed E-state index contributed by atoms with van der Waals surface area (Å²) >= 11 is 0. The summed E-state index contributed by atoms with van der Waals surface area (Å²) in [5, 5.41) is 7.31. The van der Waals surface area contributed by atoms with Gasteiger partial charge in [-0.15, -0.1) is 37.2 Å². The van der Waals surface area contributed by atoms with Gasteiger partial charge in [0.05, 0.1) is 0 Å². The van der Waals surface area contributed by atoms with Crippen molar-refractivity contribution in [3.8, 4) is 0 Å². The minimum atomic E-state index is 0. The highest BCUT2D eigenvalue weighted by atomic mass is 35.5. The van der Waals surface area contributed by atoms with Gasteiger partial charge in [-0.25, -0.2) is 9.97 Å². The van der Waals surface area contributed by atoms with Crippen molar-refractivity contribution in [2.45, 2.75) is 89.1 Å². The Bertz CT molecular complexity index is 1020. The molecule has 2 aromatic rings. The van der Waals surface area contributed by atoms with Crippen molar-refractivity contribution in [3.63, 3.8) is 0 Å². The Morgan fingerprint density at radius 1 is 1.06 bits per heavy atom. The molecule has 0 bridgehead atoms. The molecular formula is C28H42Cl3N5. The van der Waals surface area contributed by atoms with E-state index in [1.807, 2.05) is 6.33 Å². The van der Waals surface area contributed by atoms with Gasteiger partial charge in [-0.3, -0.25) is 0 Å². The van der Waals surface area contributed by atoms with Gasteiger partial charge in [-0.1, -0.05) is 38.8 Å². The van der Waals surface area contributed by atoms with Crippen LogP contribution in [0.2, 0.25) is 0 Å². The third-order valence-corrected chi connectivity index (χ3v) is 8.90. The van der Waals surface area contributed by atoms with Crippen LogP contribution in [-0.4, -0.2) is 35.6 Å². The lowest BCUT2D eigenvalue weighted by molar-refractivity contribution is 0.326. The van der Waals surface area contributed by atoms with Gasteiger partial charge in [0.1, 0.15) is 12.1 Å². The Morgan fingerprint density at radius 3 is 2.53 bits per heavy atom. The predicted octanol–water partition coefficient (Wildman–Crippen LogP) is 6.23. The molecule has 1 aromatic heterocycles. The van der Waals surface area contributed by atoms with Crippen LogP contribution >= 0.6 is 37.2 Å². The normalized spacial score (nSPS) is 22.1. The number of nitrogens with one attached hydrogen (secondary N) is 2. The smallest absolute Gasteiger partial charge is 0.140 e. The van der Waals surface area contributed by atoms with E-state index in [9.17, 15) is 0 Å². The quantitative estimate of drug-likeness (QED) is 0.459. The zero-order valence-electron chi connectivity index (χ0n) is 21.6. The molecule has 1 aromatic carbocycles. The summed E-state index contributed by atoms with van der Waals surface area (Å²) < 4.78 is 0. The van der Waals surface area contributed by atoms with Crippen molar-refractivity contribution < 1.29 is 0 Å². The number of aromatic nitrogens is 2. The number of piperidine rings is 1. The molecule has 0 amide bonds. The SMILES string of the molecule is CC(C)NCc1cccc2c1C1(CCNCC1)CN2c1ncnc2c1[C@H](C1CCCC1)CC2.Cl.Cl.Cl. The first-order valence-corrected chi connectivity index (χ1v) is 13.3. The van der Waals surface area contributed by atoms with Crippen LogP contribution in [0.3, 0.4) is 0 Å². The van der Waals surface area contributed by atoms with Crippen molar-refractivity contribution in [1.29, 1.82) is 0 Å². The lowest BCUT2D eigenvalue weighted by Crippen LogP contribution is -2.43. The molecule has 8 heteroatoms. The molecule has 4 aliphatic rings. The number of anilines is 2. The molecule has 2 aliphatic heterocycles. The molecule has 3 heterocycles. The summed E-state index contributed by atoms with van der Waals surface area (Å²) in [4.78, 5) is 12.4. The first-order chi connectivity index (χ1) is 16.2. The second-order valence-corrected chi connectivity index (χ2v) is 11.2.